The SMILES string of the molecule is CCCCC(c1ccc(C(=O)O)cc1)N(C)C(=O)C=NC1CCC(C(C)(C)C)CC1. The van der Waals surface area contributed by atoms with Crippen LogP contribution in [0.5, 0.6) is 0 Å². The van der Waals surface area contributed by atoms with Gasteiger partial charge in [0, 0.05) is 7.05 Å². The molecule has 1 aliphatic rings. The Morgan fingerprint density at radius 3 is 2.27 bits per heavy atom. The van der Waals surface area contributed by atoms with Gasteiger partial charge in [0.05, 0.1) is 23.9 Å². The molecule has 0 saturated heterocycles. The molecule has 5 heteroatoms. The van der Waals surface area contributed by atoms with Gasteiger partial charge in [-0.25, -0.2) is 4.79 Å². The molecule has 30 heavy (non-hydrogen) atoms. The summed E-state index contributed by atoms with van der Waals surface area (Å²) < 4.78 is 0. The number of carboxylic acid groups (broad SMARTS) is 1. The van der Waals surface area contributed by atoms with Crippen LogP contribution >= 0.6 is 0 Å². The Hall–Kier alpha value is -2.17. The van der Waals surface area contributed by atoms with Crippen LogP contribution in [0.25, 0.3) is 0 Å². The summed E-state index contributed by atoms with van der Waals surface area (Å²) in [5.74, 6) is -0.296. The van der Waals surface area contributed by atoms with E-state index in [0.29, 0.717) is 5.41 Å². The second kappa shape index (κ2) is 10.7. The number of carbonyl (C=O) groups is 2. The average Bonchev–Trinajstić information content (AvgIpc) is 2.72. The maximum atomic E-state index is 12.8. The Morgan fingerprint density at radius 2 is 1.77 bits per heavy atom. The molecule has 0 spiro atoms. The molecule has 166 valence electrons. The van der Waals surface area contributed by atoms with Gasteiger partial charge in [-0.3, -0.25) is 9.79 Å². The zero-order chi connectivity index (χ0) is 22.3. The zero-order valence-corrected chi connectivity index (χ0v) is 19.2. The lowest BCUT2D eigenvalue weighted by Gasteiger charge is -2.35. The van der Waals surface area contributed by atoms with E-state index in [-0.39, 0.29) is 23.6 Å². The van der Waals surface area contributed by atoms with Gasteiger partial charge in [0.25, 0.3) is 5.91 Å². The normalized spacial score (nSPS) is 20.8. The van der Waals surface area contributed by atoms with Gasteiger partial charge in [-0.1, -0.05) is 52.7 Å². The van der Waals surface area contributed by atoms with Gasteiger partial charge in [0.1, 0.15) is 0 Å². The van der Waals surface area contributed by atoms with E-state index < -0.39 is 5.97 Å². The summed E-state index contributed by atoms with van der Waals surface area (Å²) in [6.45, 7) is 9.04. The van der Waals surface area contributed by atoms with E-state index in [2.05, 4.69) is 32.7 Å². The van der Waals surface area contributed by atoms with Crippen molar-refractivity contribution in [2.24, 2.45) is 16.3 Å². The van der Waals surface area contributed by atoms with E-state index in [1.165, 1.54) is 19.1 Å². The fourth-order valence-corrected chi connectivity index (χ4v) is 4.33. The fraction of sp³-hybridized carbons (Fsp3) is 0.640. The monoisotopic (exact) mass is 414 g/mol. The van der Waals surface area contributed by atoms with Crippen molar-refractivity contribution in [1.29, 1.82) is 0 Å². The van der Waals surface area contributed by atoms with Crippen LogP contribution < -0.4 is 0 Å². The Bertz CT molecular complexity index is 726. The van der Waals surface area contributed by atoms with Crippen LogP contribution in [0, 0.1) is 11.3 Å². The number of amides is 1. The van der Waals surface area contributed by atoms with Crippen molar-refractivity contribution < 1.29 is 14.7 Å². The number of unbranched alkanes of at least 4 members (excludes halogenated alkanes) is 1. The highest BCUT2D eigenvalue weighted by molar-refractivity contribution is 6.26. The number of aliphatic imine (C=N–C) groups is 1. The van der Waals surface area contributed by atoms with Crippen molar-refractivity contribution in [2.45, 2.75) is 84.7 Å². The van der Waals surface area contributed by atoms with E-state index in [9.17, 15) is 9.59 Å². The Balaban J connectivity index is 2.03. The Labute approximate surface area is 181 Å². The van der Waals surface area contributed by atoms with Crippen molar-refractivity contribution in [1.82, 2.24) is 4.90 Å². The first-order valence-electron chi connectivity index (χ1n) is 11.3. The number of hydrogen-bond donors (Lipinski definition) is 1. The molecule has 1 saturated carbocycles. The third kappa shape index (κ3) is 6.68. The lowest BCUT2D eigenvalue weighted by atomic mass is 9.71. The minimum absolute atomic E-state index is 0.0802. The molecular weight excluding hydrogens is 376 g/mol. The van der Waals surface area contributed by atoms with E-state index in [1.807, 2.05) is 19.2 Å². The first-order valence-corrected chi connectivity index (χ1v) is 11.3. The molecule has 1 atom stereocenters. The second-order valence-corrected chi connectivity index (χ2v) is 9.68. The molecule has 1 aromatic rings. The molecule has 0 bridgehead atoms. The van der Waals surface area contributed by atoms with Crippen molar-refractivity contribution in [2.75, 3.05) is 7.05 Å². The van der Waals surface area contributed by atoms with Crippen LogP contribution in [-0.4, -0.2) is 41.2 Å². The van der Waals surface area contributed by atoms with Crippen LogP contribution in [0.3, 0.4) is 0 Å². The number of nitrogens with zero attached hydrogens (tertiary/aromatic N) is 2. The zero-order valence-electron chi connectivity index (χ0n) is 19.2. The van der Waals surface area contributed by atoms with Gasteiger partial charge in [-0.15, -0.1) is 0 Å². The quantitative estimate of drug-likeness (QED) is 0.551. The van der Waals surface area contributed by atoms with Crippen LogP contribution in [0.4, 0.5) is 0 Å². The predicted octanol–water partition coefficient (Wildman–Crippen LogP) is 5.75. The second-order valence-electron chi connectivity index (χ2n) is 9.68. The molecule has 1 N–H and O–H groups in total. The molecule has 0 aliphatic heterocycles. The third-order valence-corrected chi connectivity index (χ3v) is 6.51. The third-order valence-electron chi connectivity index (χ3n) is 6.51. The van der Waals surface area contributed by atoms with Crippen LogP contribution in [0.1, 0.15) is 94.6 Å². The lowest BCUT2D eigenvalue weighted by Crippen LogP contribution is -2.33. The molecule has 5 nitrogen and oxygen atoms in total. The fourth-order valence-electron chi connectivity index (χ4n) is 4.33. The minimum Gasteiger partial charge on any atom is -0.478 e. The molecule has 1 fully saturated rings. The standard InChI is InChI=1S/C25H38N2O3/c1-6-7-8-22(18-9-11-19(12-10-18)24(29)30)27(5)23(28)17-26-21-15-13-20(14-16-21)25(2,3)4/h9-12,17,20-22H,6-8,13-16H2,1-5H3,(H,29,30). The summed E-state index contributed by atoms with van der Waals surface area (Å²) in [4.78, 5) is 30.3. The van der Waals surface area contributed by atoms with E-state index in [4.69, 9.17) is 5.11 Å². The Morgan fingerprint density at radius 1 is 1.17 bits per heavy atom. The largest absolute Gasteiger partial charge is 0.478 e. The lowest BCUT2D eigenvalue weighted by molar-refractivity contribution is -0.124. The minimum atomic E-state index is -0.940. The molecular formula is C25H38N2O3. The average molecular weight is 415 g/mol. The summed E-state index contributed by atoms with van der Waals surface area (Å²) in [6, 6.07) is 7.01. The van der Waals surface area contributed by atoms with Gasteiger partial charge in [0.2, 0.25) is 0 Å². The van der Waals surface area contributed by atoms with Crippen molar-refractivity contribution >= 4 is 18.1 Å². The van der Waals surface area contributed by atoms with Crippen molar-refractivity contribution in [3.05, 3.63) is 35.4 Å². The van der Waals surface area contributed by atoms with Gasteiger partial charge < -0.3 is 10.0 Å². The van der Waals surface area contributed by atoms with E-state index >= 15 is 0 Å². The topological polar surface area (TPSA) is 70.0 Å². The van der Waals surface area contributed by atoms with Crippen molar-refractivity contribution in [3.8, 4) is 0 Å². The maximum Gasteiger partial charge on any atom is 0.335 e. The molecule has 1 amide bonds. The molecule has 1 unspecified atom stereocenters. The summed E-state index contributed by atoms with van der Waals surface area (Å²) >= 11 is 0. The highest BCUT2D eigenvalue weighted by Gasteiger charge is 2.29. The van der Waals surface area contributed by atoms with Gasteiger partial charge in [-0.05, 0) is 61.1 Å². The first kappa shape index (κ1) is 24.1. The van der Waals surface area contributed by atoms with Gasteiger partial charge >= 0.3 is 5.97 Å². The maximum absolute atomic E-state index is 12.8. The number of aromatic carboxylic acids is 1. The van der Waals surface area contributed by atoms with E-state index in [0.717, 1.165) is 43.6 Å². The molecule has 0 aromatic heterocycles. The van der Waals surface area contributed by atoms with Gasteiger partial charge in [-0.2, -0.15) is 0 Å². The first-order chi connectivity index (χ1) is 14.1. The highest BCUT2D eigenvalue weighted by Crippen LogP contribution is 2.38. The van der Waals surface area contributed by atoms with E-state index in [1.54, 1.807) is 17.0 Å². The number of benzene rings is 1. The Kier molecular flexibility index (Phi) is 8.63. The summed E-state index contributed by atoms with van der Waals surface area (Å²) in [6.07, 6.45) is 8.82. The van der Waals surface area contributed by atoms with Crippen molar-refractivity contribution in [3.63, 3.8) is 0 Å². The molecule has 0 heterocycles. The van der Waals surface area contributed by atoms with Crippen LogP contribution in [0.15, 0.2) is 29.3 Å². The molecule has 1 aliphatic carbocycles. The molecule has 0 radical (unpaired) electrons. The summed E-state index contributed by atoms with van der Waals surface area (Å²) in [5.41, 5.74) is 1.56. The highest BCUT2D eigenvalue weighted by atomic mass is 16.4. The molecule has 2 rings (SSSR count). The summed E-state index contributed by atoms with van der Waals surface area (Å²) in [5, 5.41) is 9.13. The number of rotatable bonds is 8. The van der Waals surface area contributed by atoms with Crippen LogP contribution in [-0.2, 0) is 4.79 Å². The van der Waals surface area contributed by atoms with Crippen LogP contribution in [0.2, 0.25) is 0 Å². The molecule has 1 aromatic carbocycles. The number of carbonyl (C=O) groups excluding carboxylic acids is 1. The predicted molar refractivity (Wildman–Crippen MR) is 122 cm³/mol. The number of hydrogen-bond acceptors (Lipinski definition) is 3. The van der Waals surface area contributed by atoms with Gasteiger partial charge in [0.15, 0.2) is 0 Å². The number of carboxylic acids is 1. The summed E-state index contributed by atoms with van der Waals surface area (Å²) in [7, 11) is 1.82. The smallest absolute Gasteiger partial charge is 0.335 e.